The van der Waals surface area contributed by atoms with E-state index < -0.39 is 15.9 Å². The quantitative estimate of drug-likeness (QED) is 0.239. The largest absolute Gasteiger partial charge is 0.291 e. The molecule has 0 spiro atoms. The van der Waals surface area contributed by atoms with Gasteiger partial charge < -0.3 is 0 Å². The molecule has 1 aromatic rings. The van der Waals surface area contributed by atoms with Gasteiger partial charge in [0.05, 0.1) is 16.7 Å². The van der Waals surface area contributed by atoms with Crippen LogP contribution in [-0.4, -0.2) is 39.1 Å². The van der Waals surface area contributed by atoms with Gasteiger partial charge in [-0.15, -0.1) is 16.2 Å². The molecular weight excluding hydrogens is 338 g/mol. The molecule has 0 bridgehead atoms. The first kappa shape index (κ1) is 18.9. The summed E-state index contributed by atoms with van der Waals surface area (Å²) in [4.78, 5) is 30.1. The minimum atomic E-state index is -3.56. The lowest BCUT2D eigenvalue weighted by Crippen LogP contribution is -2.41. The molecule has 2 N–H and O–H groups in total. The van der Waals surface area contributed by atoms with Crippen molar-refractivity contribution < 1.29 is 18.0 Å². The number of thiophene rings is 1. The van der Waals surface area contributed by atoms with Crippen LogP contribution in [0.5, 0.6) is 0 Å². The summed E-state index contributed by atoms with van der Waals surface area (Å²) < 4.78 is 21.9. The number of nitrogens with one attached hydrogen (secondary N) is 2. The zero-order chi connectivity index (χ0) is 17.3. The Labute approximate surface area is 138 Å². The van der Waals surface area contributed by atoms with Gasteiger partial charge in [0.15, 0.2) is 5.78 Å². The standard InChI is InChI=1S/C14H17N3O4S2/c1-3-4-6-11(14(19)16-17-23(2,20)21)9-15-10-12(18)13-7-5-8-22-13/h3-9,17H,10H2,1-2H3,(H,16,19)/b4-3-,11-6+,15-9+. The molecule has 0 aliphatic carbocycles. The Morgan fingerprint density at radius 3 is 2.70 bits per heavy atom. The summed E-state index contributed by atoms with van der Waals surface area (Å²) in [7, 11) is -3.56. The molecule has 7 nitrogen and oxygen atoms in total. The third-order valence-electron chi connectivity index (χ3n) is 2.34. The molecule has 0 radical (unpaired) electrons. The molecule has 0 aliphatic heterocycles. The fourth-order valence-corrected chi connectivity index (χ4v) is 2.27. The summed E-state index contributed by atoms with van der Waals surface area (Å²) in [5.41, 5.74) is 2.15. The number of ketones is 1. The van der Waals surface area contributed by atoms with E-state index in [1.54, 1.807) is 36.6 Å². The third kappa shape index (κ3) is 7.63. The monoisotopic (exact) mass is 355 g/mol. The Kier molecular flexibility index (Phi) is 7.52. The fraction of sp³-hybridized carbons (Fsp3) is 0.214. The zero-order valence-electron chi connectivity index (χ0n) is 12.6. The van der Waals surface area contributed by atoms with Gasteiger partial charge in [-0.3, -0.25) is 20.0 Å². The summed E-state index contributed by atoms with van der Waals surface area (Å²) in [5.74, 6) is -0.836. The lowest BCUT2D eigenvalue weighted by Gasteiger charge is -2.05. The Balaban J connectivity index is 2.73. The summed E-state index contributed by atoms with van der Waals surface area (Å²) in [5, 5.41) is 1.79. The van der Waals surface area contributed by atoms with Crippen LogP contribution in [0.1, 0.15) is 16.6 Å². The van der Waals surface area contributed by atoms with Gasteiger partial charge in [0, 0.05) is 6.21 Å². The van der Waals surface area contributed by atoms with Gasteiger partial charge in [0.25, 0.3) is 5.91 Å². The maximum absolute atomic E-state index is 11.9. The van der Waals surface area contributed by atoms with Crippen LogP contribution in [0, 0.1) is 0 Å². The number of amides is 1. The minimum absolute atomic E-state index is 0.0967. The second-order valence-electron chi connectivity index (χ2n) is 4.35. The summed E-state index contributed by atoms with van der Waals surface area (Å²) in [6, 6.07) is 3.46. The van der Waals surface area contributed by atoms with Crippen LogP contribution in [0.2, 0.25) is 0 Å². The SMILES string of the molecule is C\C=C/C=C(\C=N\CC(=O)c1cccs1)C(=O)NNS(C)(=O)=O. The first-order valence-electron chi connectivity index (χ1n) is 6.50. The van der Waals surface area contributed by atoms with Gasteiger partial charge in [0.1, 0.15) is 6.54 Å². The van der Waals surface area contributed by atoms with E-state index in [4.69, 9.17) is 0 Å². The molecule has 1 heterocycles. The fourth-order valence-electron chi connectivity index (χ4n) is 1.33. The first-order chi connectivity index (χ1) is 10.8. The molecule has 124 valence electrons. The number of Topliss-reactive ketones (excluding diaryl/α,β-unsaturated/α-hetero) is 1. The van der Waals surface area contributed by atoms with Gasteiger partial charge in [0.2, 0.25) is 10.0 Å². The van der Waals surface area contributed by atoms with Crippen LogP contribution in [0.3, 0.4) is 0 Å². The van der Waals surface area contributed by atoms with Crippen LogP contribution in [0.25, 0.3) is 0 Å². The van der Waals surface area contributed by atoms with Crippen molar-refractivity contribution in [3.63, 3.8) is 0 Å². The number of nitrogens with zero attached hydrogens (tertiary/aromatic N) is 1. The average molecular weight is 355 g/mol. The number of allylic oxidation sites excluding steroid dienone is 3. The number of aliphatic imine (C=N–C) groups is 1. The summed E-state index contributed by atoms with van der Waals surface area (Å²) in [6.07, 6.45) is 6.89. The number of hydrogen-bond donors (Lipinski definition) is 2. The number of hydrazine groups is 1. The predicted octanol–water partition coefficient (Wildman–Crippen LogP) is 1.08. The molecule has 0 unspecified atom stereocenters. The smallest absolute Gasteiger partial charge is 0.267 e. The number of hydrogen-bond acceptors (Lipinski definition) is 6. The molecule has 0 fully saturated rings. The van der Waals surface area contributed by atoms with Crippen LogP contribution < -0.4 is 10.3 Å². The van der Waals surface area contributed by atoms with Gasteiger partial charge >= 0.3 is 0 Å². The zero-order valence-corrected chi connectivity index (χ0v) is 14.3. The molecule has 0 saturated heterocycles. The third-order valence-corrected chi connectivity index (χ3v) is 3.73. The van der Waals surface area contributed by atoms with E-state index in [1.807, 2.05) is 10.3 Å². The second kappa shape index (κ2) is 9.13. The molecule has 1 aromatic heterocycles. The highest BCUT2D eigenvalue weighted by atomic mass is 32.2. The van der Waals surface area contributed by atoms with Crippen LogP contribution in [0.15, 0.2) is 46.3 Å². The Morgan fingerprint density at radius 1 is 1.39 bits per heavy atom. The summed E-state index contributed by atoms with van der Waals surface area (Å²) in [6.45, 7) is 1.67. The van der Waals surface area contributed by atoms with Crippen molar-refractivity contribution in [2.45, 2.75) is 6.92 Å². The van der Waals surface area contributed by atoms with E-state index in [0.29, 0.717) is 4.88 Å². The van der Waals surface area contributed by atoms with Crippen molar-refractivity contribution in [3.8, 4) is 0 Å². The van der Waals surface area contributed by atoms with Crippen LogP contribution in [-0.2, 0) is 14.8 Å². The number of carbonyl (C=O) groups excluding carboxylic acids is 2. The maximum Gasteiger partial charge on any atom is 0.267 e. The lowest BCUT2D eigenvalue weighted by atomic mass is 10.2. The molecule has 1 amide bonds. The van der Waals surface area contributed by atoms with E-state index in [-0.39, 0.29) is 17.9 Å². The summed E-state index contributed by atoms with van der Waals surface area (Å²) >= 11 is 1.32. The van der Waals surface area contributed by atoms with Crippen molar-refractivity contribution in [1.82, 2.24) is 10.3 Å². The Morgan fingerprint density at radius 2 is 2.13 bits per heavy atom. The number of rotatable bonds is 8. The minimum Gasteiger partial charge on any atom is -0.291 e. The van der Waals surface area contributed by atoms with Crippen molar-refractivity contribution in [2.24, 2.45) is 4.99 Å². The first-order valence-corrected chi connectivity index (χ1v) is 9.27. The topological polar surface area (TPSA) is 105 Å². The molecule has 0 aromatic carbocycles. The Hall–Kier alpha value is -2.10. The number of carbonyl (C=O) groups is 2. The highest BCUT2D eigenvalue weighted by molar-refractivity contribution is 7.88. The van der Waals surface area contributed by atoms with Gasteiger partial charge in [-0.1, -0.05) is 18.2 Å². The molecule has 0 saturated carbocycles. The lowest BCUT2D eigenvalue weighted by molar-refractivity contribution is -0.117. The van der Waals surface area contributed by atoms with E-state index >= 15 is 0 Å². The molecule has 0 aliphatic rings. The molecule has 1 rings (SSSR count). The van der Waals surface area contributed by atoms with Crippen molar-refractivity contribution in [3.05, 3.63) is 46.2 Å². The molecular formula is C14H17N3O4S2. The number of sulfonamides is 1. The van der Waals surface area contributed by atoms with Gasteiger partial charge in [-0.05, 0) is 24.4 Å². The van der Waals surface area contributed by atoms with Crippen LogP contribution in [0.4, 0.5) is 0 Å². The molecule has 23 heavy (non-hydrogen) atoms. The van der Waals surface area contributed by atoms with Crippen molar-refractivity contribution in [2.75, 3.05) is 12.8 Å². The molecule has 0 atom stereocenters. The van der Waals surface area contributed by atoms with E-state index in [2.05, 4.69) is 4.99 Å². The predicted molar refractivity (Wildman–Crippen MR) is 91.0 cm³/mol. The second-order valence-corrected chi connectivity index (χ2v) is 7.04. The highest BCUT2D eigenvalue weighted by Crippen LogP contribution is 2.09. The average Bonchev–Trinajstić information content (AvgIpc) is 3.01. The van der Waals surface area contributed by atoms with E-state index in [9.17, 15) is 18.0 Å². The van der Waals surface area contributed by atoms with Crippen LogP contribution >= 0.6 is 11.3 Å². The van der Waals surface area contributed by atoms with E-state index in [1.165, 1.54) is 23.6 Å². The van der Waals surface area contributed by atoms with Gasteiger partial charge in [-0.2, -0.15) is 0 Å². The normalized spacial score (nSPS) is 12.9. The van der Waals surface area contributed by atoms with Crippen molar-refractivity contribution >= 4 is 39.3 Å². The van der Waals surface area contributed by atoms with Gasteiger partial charge in [-0.25, -0.2) is 8.42 Å². The van der Waals surface area contributed by atoms with E-state index in [0.717, 1.165) is 6.26 Å². The Bertz CT molecular complexity index is 732. The maximum atomic E-state index is 11.9. The van der Waals surface area contributed by atoms with Crippen molar-refractivity contribution in [1.29, 1.82) is 0 Å². The molecule has 9 heteroatoms. The highest BCUT2D eigenvalue weighted by Gasteiger charge is 2.10.